The van der Waals surface area contributed by atoms with Crippen molar-refractivity contribution in [3.05, 3.63) is 23.7 Å². The fourth-order valence-corrected chi connectivity index (χ4v) is 2.34. The maximum atomic E-state index is 12.0. The van der Waals surface area contributed by atoms with Crippen molar-refractivity contribution in [2.24, 2.45) is 5.92 Å². The molecule has 0 unspecified atom stereocenters. The number of alkyl halides is 1. The first-order valence-corrected chi connectivity index (χ1v) is 6.14. The average Bonchev–Trinajstić information content (AvgIpc) is 2.75. The highest BCUT2D eigenvalue weighted by Crippen LogP contribution is 2.20. The molecule has 0 spiro atoms. The van der Waals surface area contributed by atoms with E-state index in [0.717, 1.165) is 31.7 Å². The number of carbonyl (C=O) groups excluding carboxylic acids is 1. The van der Waals surface area contributed by atoms with E-state index in [1.807, 2.05) is 11.8 Å². The van der Waals surface area contributed by atoms with Crippen LogP contribution < -0.4 is 0 Å². The van der Waals surface area contributed by atoms with Gasteiger partial charge in [-0.1, -0.05) is 0 Å². The van der Waals surface area contributed by atoms with Crippen molar-refractivity contribution in [1.29, 1.82) is 0 Å². The van der Waals surface area contributed by atoms with Crippen molar-refractivity contribution in [1.82, 2.24) is 4.90 Å². The molecule has 1 fully saturated rings. The third kappa shape index (κ3) is 2.40. The first kappa shape index (κ1) is 11.5. The summed E-state index contributed by atoms with van der Waals surface area (Å²) in [6, 6.07) is 1.79. The van der Waals surface area contributed by atoms with Gasteiger partial charge in [0.25, 0.3) is 5.91 Å². The average molecular weight is 242 g/mol. The number of piperidine rings is 1. The van der Waals surface area contributed by atoms with E-state index in [1.165, 1.54) is 6.26 Å². The van der Waals surface area contributed by atoms with Gasteiger partial charge in [0.15, 0.2) is 0 Å². The van der Waals surface area contributed by atoms with Crippen molar-refractivity contribution in [2.75, 3.05) is 19.0 Å². The molecule has 2 heterocycles. The molecule has 1 aromatic heterocycles. The third-order valence-electron chi connectivity index (χ3n) is 3.10. The molecule has 1 aromatic rings. The van der Waals surface area contributed by atoms with E-state index < -0.39 is 0 Å². The van der Waals surface area contributed by atoms with Crippen LogP contribution in [0.1, 0.15) is 29.0 Å². The molecule has 1 saturated heterocycles. The molecular formula is C12H16ClNO2. The van der Waals surface area contributed by atoms with Gasteiger partial charge in [-0.3, -0.25) is 4.79 Å². The van der Waals surface area contributed by atoms with Crippen LogP contribution in [0.25, 0.3) is 0 Å². The maximum Gasteiger partial charge on any atom is 0.257 e. The van der Waals surface area contributed by atoms with Crippen LogP contribution in [0.5, 0.6) is 0 Å². The number of amides is 1. The third-order valence-corrected chi connectivity index (χ3v) is 3.53. The van der Waals surface area contributed by atoms with Gasteiger partial charge in [0, 0.05) is 19.0 Å². The highest BCUT2D eigenvalue weighted by atomic mass is 35.5. The molecule has 0 bridgehead atoms. The summed E-state index contributed by atoms with van der Waals surface area (Å²) < 4.78 is 5.15. The lowest BCUT2D eigenvalue weighted by molar-refractivity contribution is 0.0697. The zero-order valence-electron chi connectivity index (χ0n) is 9.41. The molecule has 4 heteroatoms. The minimum Gasteiger partial charge on any atom is -0.469 e. The SMILES string of the molecule is Cc1cc(C(=O)N2CCC(CCl)CC2)co1. The second-order valence-electron chi connectivity index (χ2n) is 4.34. The predicted octanol–water partition coefficient (Wildman–Crippen LogP) is 2.68. The van der Waals surface area contributed by atoms with Crippen LogP contribution in [-0.4, -0.2) is 29.8 Å². The highest BCUT2D eigenvalue weighted by molar-refractivity contribution is 6.18. The van der Waals surface area contributed by atoms with Crippen molar-refractivity contribution >= 4 is 17.5 Å². The van der Waals surface area contributed by atoms with Crippen LogP contribution in [0.15, 0.2) is 16.7 Å². The number of carbonyl (C=O) groups is 1. The minimum atomic E-state index is 0.0740. The number of hydrogen-bond acceptors (Lipinski definition) is 2. The molecule has 88 valence electrons. The number of aryl methyl sites for hydroxylation is 1. The predicted molar refractivity (Wildman–Crippen MR) is 62.8 cm³/mol. The number of likely N-dealkylation sites (tertiary alicyclic amines) is 1. The normalized spacial score (nSPS) is 17.8. The fraction of sp³-hybridized carbons (Fsp3) is 0.583. The number of furan rings is 1. The van der Waals surface area contributed by atoms with Gasteiger partial charge in [-0.05, 0) is 31.7 Å². The van der Waals surface area contributed by atoms with Gasteiger partial charge in [0.2, 0.25) is 0 Å². The van der Waals surface area contributed by atoms with E-state index in [1.54, 1.807) is 6.07 Å². The standard InChI is InChI=1S/C12H16ClNO2/c1-9-6-11(8-16-9)12(15)14-4-2-10(7-13)3-5-14/h6,8,10H,2-5,7H2,1H3. The number of nitrogens with zero attached hydrogens (tertiary/aromatic N) is 1. The minimum absolute atomic E-state index is 0.0740. The topological polar surface area (TPSA) is 33.5 Å². The van der Waals surface area contributed by atoms with Gasteiger partial charge in [0.05, 0.1) is 5.56 Å². The van der Waals surface area contributed by atoms with E-state index in [2.05, 4.69) is 0 Å². The second-order valence-corrected chi connectivity index (χ2v) is 4.64. The number of halogens is 1. The first-order chi connectivity index (χ1) is 7.70. The number of hydrogen-bond donors (Lipinski definition) is 0. The van der Waals surface area contributed by atoms with Crippen LogP contribution in [0.3, 0.4) is 0 Å². The van der Waals surface area contributed by atoms with Crippen LogP contribution in [0.2, 0.25) is 0 Å². The summed E-state index contributed by atoms with van der Waals surface area (Å²) in [4.78, 5) is 13.9. The van der Waals surface area contributed by atoms with Crippen molar-refractivity contribution < 1.29 is 9.21 Å². The lowest BCUT2D eigenvalue weighted by Gasteiger charge is -2.30. The van der Waals surface area contributed by atoms with E-state index >= 15 is 0 Å². The molecule has 0 radical (unpaired) electrons. The summed E-state index contributed by atoms with van der Waals surface area (Å²) in [5.41, 5.74) is 0.654. The van der Waals surface area contributed by atoms with E-state index in [4.69, 9.17) is 16.0 Å². The Hall–Kier alpha value is -0.960. The molecule has 0 aliphatic carbocycles. The molecular weight excluding hydrogens is 226 g/mol. The van der Waals surface area contributed by atoms with Crippen LogP contribution in [-0.2, 0) is 0 Å². The molecule has 16 heavy (non-hydrogen) atoms. The molecule has 0 aromatic carbocycles. The van der Waals surface area contributed by atoms with Gasteiger partial charge < -0.3 is 9.32 Å². The lowest BCUT2D eigenvalue weighted by Crippen LogP contribution is -2.38. The lowest BCUT2D eigenvalue weighted by atomic mass is 9.98. The quantitative estimate of drug-likeness (QED) is 0.746. The number of rotatable bonds is 2. The molecule has 0 saturated carbocycles. The highest BCUT2D eigenvalue weighted by Gasteiger charge is 2.23. The summed E-state index contributed by atoms with van der Waals surface area (Å²) in [5.74, 6) is 2.12. The Morgan fingerprint density at radius 1 is 1.56 bits per heavy atom. The molecule has 2 rings (SSSR count). The molecule has 1 aliphatic rings. The molecule has 1 amide bonds. The molecule has 3 nitrogen and oxygen atoms in total. The first-order valence-electron chi connectivity index (χ1n) is 5.61. The van der Waals surface area contributed by atoms with E-state index in [9.17, 15) is 4.79 Å². The Kier molecular flexibility index (Phi) is 3.54. The van der Waals surface area contributed by atoms with Crippen molar-refractivity contribution in [3.63, 3.8) is 0 Å². The summed E-state index contributed by atoms with van der Waals surface area (Å²) in [6.07, 6.45) is 3.55. The summed E-state index contributed by atoms with van der Waals surface area (Å²) in [6.45, 7) is 3.46. The largest absolute Gasteiger partial charge is 0.469 e. The molecule has 1 aliphatic heterocycles. The van der Waals surface area contributed by atoms with Crippen LogP contribution in [0, 0.1) is 12.8 Å². The summed E-state index contributed by atoms with van der Waals surface area (Å²) >= 11 is 5.81. The fourth-order valence-electron chi connectivity index (χ4n) is 2.03. The van der Waals surface area contributed by atoms with Crippen molar-refractivity contribution in [2.45, 2.75) is 19.8 Å². The Labute approximate surface area is 100 Å². The van der Waals surface area contributed by atoms with Gasteiger partial charge in [0.1, 0.15) is 12.0 Å². The zero-order chi connectivity index (χ0) is 11.5. The molecule has 0 N–H and O–H groups in total. The summed E-state index contributed by atoms with van der Waals surface area (Å²) in [7, 11) is 0. The van der Waals surface area contributed by atoms with Crippen LogP contribution >= 0.6 is 11.6 Å². The van der Waals surface area contributed by atoms with Crippen LogP contribution in [0.4, 0.5) is 0 Å². The van der Waals surface area contributed by atoms with E-state index in [0.29, 0.717) is 17.4 Å². The second kappa shape index (κ2) is 4.91. The van der Waals surface area contributed by atoms with Gasteiger partial charge in [-0.2, -0.15) is 0 Å². The van der Waals surface area contributed by atoms with Gasteiger partial charge in [-0.15, -0.1) is 11.6 Å². The van der Waals surface area contributed by atoms with Gasteiger partial charge in [-0.25, -0.2) is 0 Å². The Bertz CT molecular complexity index is 367. The Morgan fingerprint density at radius 3 is 2.75 bits per heavy atom. The zero-order valence-corrected chi connectivity index (χ0v) is 10.2. The van der Waals surface area contributed by atoms with Gasteiger partial charge >= 0.3 is 0 Å². The Balaban J connectivity index is 1.96. The molecule has 0 atom stereocenters. The van der Waals surface area contributed by atoms with E-state index in [-0.39, 0.29) is 5.91 Å². The smallest absolute Gasteiger partial charge is 0.257 e. The maximum absolute atomic E-state index is 12.0. The monoisotopic (exact) mass is 241 g/mol. The Morgan fingerprint density at radius 2 is 2.25 bits per heavy atom. The summed E-state index contributed by atoms with van der Waals surface area (Å²) in [5, 5.41) is 0. The van der Waals surface area contributed by atoms with Crippen molar-refractivity contribution in [3.8, 4) is 0 Å².